The van der Waals surface area contributed by atoms with Crippen LogP contribution in [0.3, 0.4) is 0 Å². The monoisotopic (exact) mass is 271 g/mol. The molecule has 1 aromatic carbocycles. The van der Waals surface area contributed by atoms with E-state index in [1.165, 1.54) is 0 Å². The summed E-state index contributed by atoms with van der Waals surface area (Å²) in [6.07, 6.45) is 5.32. The van der Waals surface area contributed by atoms with Crippen molar-refractivity contribution in [3.05, 3.63) is 42.1 Å². The largest absolute Gasteiger partial charge is 0.385 e. The van der Waals surface area contributed by atoms with E-state index in [0.717, 1.165) is 29.3 Å². The Morgan fingerprint density at radius 1 is 1.35 bits per heavy atom. The van der Waals surface area contributed by atoms with Crippen LogP contribution in [0.4, 0.5) is 0 Å². The Morgan fingerprint density at radius 2 is 2.20 bits per heavy atom. The summed E-state index contributed by atoms with van der Waals surface area (Å²) in [6, 6.07) is 10.0. The van der Waals surface area contributed by atoms with Gasteiger partial charge in [-0.15, -0.1) is 0 Å². The third-order valence-electron chi connectivity index (χ3n) is 4.18. The highest BCUT2D eigenvalue weighted by Gasteiger charge is 2.37. The molecule has 2 heterocycles. The minimum absolute atomic E-state index is 0.151. The summed E-state index contributed by atoms with van der Waals surface area (Å²) in [6.45, 7) is 2.76. The molecule has 0 saturated carbocycles. The quantitative estimate of drug-likeness (QED) is 0.930. The SMILES string of the molecule is CCCC1CC(O)(c2cccc3cccnc23)CCO1. The van der Waals surface area contributed by atoms with Crippen molar-refractivity contribution in [3.8, 4) is 0 Å². The average molecular weight is 271 g/mol. The van der Waals surface area contributed by atoms with Gasteiger partial charge in [-0.1, -0.05) is 37.6 Å². The number of aliphatic hydroxyl groups is 1. The first-order valence-corrected chi connectivity index (χ1v) is 7.41. The van der Waals surface area contributed by atoms with Crippen LogP contribution in [-0.4, -0.2) is 22.8 Å². The van der Waals surface area contributed by atoms with Gasteiger partial charge in [0.05, 0.1) is 23.8 Å². The van der Waals surface area contributed by atoms with Crippen molar-refractivity contribution < 1.29 is 9.84 Å². The van der Waals surface area contributed by atoms with Crippen LogP contribution in [0.2, 0.25) is 0 Å². The smallest absolute Gasteiger partial charge is 0.0964 e. The predicted molar refractivity (Wildman–Crippen MR) is 79.5 cm³/mol. The molecule has 0 aliphatic carbocycles. The zero-order valence-electron chi connectivity index (χ0n) is 11.9. The standard InChI is InChI=1S/C17H21NO2/c1-2-5-14-12-17(19,9-11-20-14)15-8-3-6-13-7-4-10-18-16(13)15/h3-4,6-8,10,14,19H,2,5,9,11-12H2,1H3. The second kappa shape index (κ2) is 5.51. The summed E-state index contributed by atoms with van der Waals surface area (Å²) in [5, 5.41) is 12.2. The van der Waals surface area contributed by atoms with E-state index in [1.807, 2.05) is 30.3 Å². The summed E-state index contributed by atoms with van der Waals surface area (Å²) in [4.78, 5) is 4.47. The summed E-state index contributed by atoms with van der Waals surface area (Å²) >= 11 is 0. The van der Waals surface area contributed by atoms with Gasteiger partial charge in [0, 0.05) is 30.0 Å². The Morgan fingerprint density at radius 3 is 3.05 bits per heavy atom. The number of ether oxygens (including phenoxy) is 1. The van der Waals surface area contributed by atoms with Crippen LogP contribution >= 0.6 is 0 Å². The summed E-state index contributed by atoms with van der Waals surface area (Å²) < 4.78 is 5.77. The maximum absolute atomic E-state index is 11.1. The molecule has 3 nitrogen and oxygen atoms in total. The van der Waals surface area contributed by atoms with E-state index in [2.05, 4.69) is 11.9 Å². The second-order valence-electron chi connectivity index (χ2n) is 5.65. The van der Waals surface area contributed by atoms with Gasteiger partial charge >= 0.3 is 0 Å². The van der Waals surface area contributed by atoms with Gasteiger partial charge in [0.2, 0.25) is 0 Å². The molecule has 3 heteroatoms. The highest BCUT2D eigenvalue weighted by molar-refractivity contribution is 5.82. The van der Waals surface area contributed by atoms with Crippen LogP contribution in [0, 0.1) is 0 Å². The molecule has 2 atom stereocenters. The molecular weight excluding hydrogens is 250 g/mol. The number of hydrogen-bond acceptors (Lipinski definition) is 3. The minimum atomic E-state index is -0.814. The molecule has 1 saturated heterocycles. The zero-order valence-corrected chi connectivity index (χ0v) is 11.9. The first-order chi connectivity index (χ1) is 9.73. The predicted octanol–water partition coefficient (Wildman–Crippen LogP) is 3.40. The number of para-hydroxylation sites is 1. The lowest BCUT2D eigenvalue weighted by atomic mass is 9.81. The zero-order chi connectivity index (χ0) is 14.0. The van der Waals surface area contributed by atoms with Crippen molar-refractivity contribution in [2.45, 2.75) is 44.3 Å². The molecule has 106 valence electrons. The lowest BCUT2D eigenvalue weighted by Gasteiger charge is -2.37. The van der Waals surface area contributed by atoms with Gasteiger partial charge in [-0.3, -0.25) is 4.98 Å². The molecule has 1 aromatic heterocycles. The van der Waals surface area contributed by atoms with Crippen LogP contribution in [0.5, 0.6) is 0 Å². The minimum Gasteiger partial charge on any atom is -0.385 e. The molecule has 20 heavy (non-hydrogen) atoms. The highest BCUT2D eigenvalue weighted by atomic mass is 16.5. The van der Waals surface area contributed by atoms with Crippen LogP contribution in [0.1, 0.15) is 38.2 Å². The van der Waals surface area contributed by atoms with Crippen LogP contribution in [0.15, 0.2) is 36.5 Å². The fourth-order valence-electron chi connectivity index (χ4n) is 3.16. The van der Waals surface area contributed by atoms with Crippen molar-refractivity contribution >= 4 is 10.9 Å². The fraction of sp³-hybridized carbons (Fsp3) is 0.471. The third kappa shape index (κ3) is 2.43. The lowest BCUT2D eigenvalue weighted by molar-refractivity contribution is -0.109. The van der Waals surface area contributed by atoms with E-state index in [0.29, 0.717) is 19.4 Å². The van der Waals surface area contributed by atoms with Gasteiger partial charge in [-0.05, 0) is 12.5 Å². The molecule has 3 rings (SSSR count). The number of hydrogen-bond donors (Lipinski definition) is 1. The molecule has 0 bridgehead atoms. The van der Waals surface area contributed by atoms with Gasteiger partial charge in [-0.2, -0.15) is 0 Å². The highest BCUT2D eigenvalue weighted by Crippen LogP contribution is 2.38. The van der Waals surface area contributed by atoms with E-state index in [9.17, 15) is 5.11 Å². The normalized spacial score (nSPS) is 26.8. The van der Waals surface area contributed by atoms with Crippen molar-refractivity contribution in [2.75, 3.05) is 6.61 Å². The van der Waals surface area contributed by atoms with E-state index in [1.54, 1.807) is 6.20 Å². The van der Waals surface area contributed by atoms with Crippen LogP contribution < -0.4 is 0 Å². The summed E-state index contributed by atoms with van der Waals surface area (Å²) in [7, 11) is 0. The Balaban J connectivity index is 2.00. The molecule has 2 aromatic rings. The maximum atomic E-state index is 11.1. The number of fused-ring (bicyclic) bond motifs is 1. The first kappa shape index (κ1) is 13.5. The van der Waals surface area contributed by atoms with Gasteiger partial charge in [-0.25, -0.2) is 0 Å². The molecule has 0 spiro atoms. The molecular formula is C17H21NO2. The Bertz CT molecular complexity index is 591. The average Bonchev–Trinajstić information content (AvgIpc) is 2.47. The fourth-order valence-corrected chi connectivity index (χ4v) is 3.16. The van der Waals surface area contributed by atoms with Gasteiger partial charge < -0.3 is 9.84 Å². The van der Waals surface area contributed by atoms with Crippen molar-refractivity contribution in [1.82, 2.24) is 4.98 Å². The molecule has 2 unspecified atom stereocenters. The topological polar surface area (TPSA) is 42.4 Å². The van der Waals surface area contributed by atoms with Crippen LogP contribution in [0.25, 0.3) is 10.9 Å². The maximum Gasteiger partial charge on any atom is 0.0964 e. The van der Waals surface area contributed by atoms with E-state index >= 15 is 0 Å². The number of aromatic nitrogens is 1. The second-order valence-corrected chi connectivity index (χ2v) is 5.65. The van der Waals surface area contributed by atoms with Crippen molar-refractivity contribution in [3.63, 3.8) is 0 Å². The molecule has 0 radical (unpaired) electrons. The first-order valence-electron chi connectivity index (χ1n) is 7.41. The van der Waals surface area contributed by atoms with Gasteiger partial charge in [0.1, 0.15) is 0 Å². The van der Waals surface area contributed by atoms with Crippen LogP contribution in [-0.2, 0) is 10.3 Å². The Hall–Kier alpha value is -1.45. The Labute approximate surface area is 119 Å². The molecule has 1 N–H and O–H groups in total. The van der Waals surface area contributed by atoms with E-state index in [-0.39, 0.29) is 6.10 Å². The van der Waals surface area contributed by atoms with E-state index < -0.39 is 5.60 Å². The molecule has 1 aliphatic rings. The molecule has 0 amide bonds. The van der Waals surface area contributed by atoms with E-state index in [4.69, 9.17) is 4.74 Å². The number of pyridine rings is 1. The summed E-state index contributed by atoms with van der Waals surface area (Å²) in [5.74, 6) is 0. The number of nitrogens with zero attached hydrogens (tertiary/aromatic N) is 1. The molecule has 1 aliphatic heterocycles. The summed E-state index contributed by atoms with van der Waals surface area (Å²) in [5.41, 5.74) is 1.04. The van der Waals surface area contributed by atoms with Crippen molar-refractivity contribution in [1.29, 1.82) is 0 Å². The molecule has 1 fully saturated rings. The van der Waals surface area contributed by atoms with Gasteiger partial charge in [0.25, 0.3) is 0 Å². The van der Waals surface area contributed by atoms with Crippen molar-refractivity contribution in [2.24, 2.45) is 0 Å². The van der Waals surface area contributed by atoms with Gasteiger partial charge in [0.15, 0.2) is 0 Å². The number of rotatable bonds is 3. The number of benzene rings is 1. The third-order valence-corrected chi connectivity index (χ3v) is 4.18. The lowest BCUT2D eigenvalue weighted by Crippen LogP contribution is -2.38. The Kier molecular flexibility index (Phi) is 3.72.